The topological polar surface area (TPSA) is 92.9 Å². The summed E-state index contributed by atoms with van der Waals surface area (Å²) >= 11 is 1.58. The zero-order chi connectivity index (χ0) is 16.9. The number of nitrogens with one attached hydrogen (secondary N) is 2. The summed E-state index contributed by atoms with van der Waals surface area (Å²) in [4.78, 5) is 20.5. The third kappa shape index (κ3) is 3.96. The molecule has 0 spiro atoms. The minimum absolute atomic E-state index is 0.171. The zero-order valence-electron chi connectivity index (χ0n) is 13.3. The molecular weight excluding hydrogens is 326 g/mol. The molecule has 0 radical (unpaired) electrons. The van der Waals surface area contributed by atoms with Gasteiger partial charge < -0.3 is 15.2 Å². The predicted octanol–water partition coefficient (Wildman–Crippen LogP) is 3.43. The van der Waals surface area contributed by atoms with Gasteiger partial charge in [-0.3, -0.25) is 0 Å². The number of aromatic nitrogens is 3. The van der Waals surface area contributed by atoms with E-state index in [2.05, 4.69) is 25.8 Å². The van der Waals surface area contributed by atoms with Crippen molar-refractivity contribution in [2.24, 2.45) is 0 Å². The predicted molar refractivity (Wildman–Crippen MR) is 92.0 cm³/mol. The molecule has 0 saturated carbocycles. The van der Waals surface area contributed by atoms with Crippen LogP contribution in [0.5, 0.6) is 0 Å². The molecule has 2 aromatic heterocycles. The van der Waals surface area contributed by atoms with Gasteiger partial charge in [-0.1, -0.05) is 24.2 Å². The Balaban J connectivity index is 1.58. The van der Waals surface area contributed by atoms with E-state index < -0.39 is 0 Å². The molecule has 2 N–H and O–H groups in total. The lowest BCUT2D eigenvalue weighted by Crippen LogP contribution is -2.31. The van der Waals surface area contributed by atoms with Crippen molar-refractivity contribution in [3.05, 3.63) is 46.7 Å². The van der Waals surface area contributed by atoms with E-state index in [4.69, 9.17) is 4.52 Å². The Hall–Kier alpha value is -2.74. The highest BCUT2D eigenvalue weighted by atomic mass is 32.1. The highest BCUT2D eigenvalue weighted by Gasteiger charge is 2.11. The van der Waals surface area contributed by atoms with Crippen LogP contribution in [0.2, 0.25) is 0 Å². The van der Waals surface area contributed by atoms with Crippen molar-refractivity contribution in [2.45, 2.75) is 19.8 Å². The van der Waals surface area contributed by atoms with Crippen LogP contribution in [-0.2, 0) is 0 Å². The Morgan fingerprint density at radius 2 is 2.29 bits per heavy atom. The van der Waals surface area contributed by atoms with Gasteiger partial charge in [0.15, 0.2) is 0 Å². The van der Waals surface area contributed by atoms with Gasteiger partial charge in [0.1, 0.15) is 0 Å². The first-order valence-corrected chi connectivity index (χ1v) is 8.35. The second kappa shape index (κ2) is 7.22. The van der Waals surface area contributed by atoms with Crippen LogP contribution < -0.4 is 10.6 Å². The first-order chi connectivity index (χ1) is 11.6. The van der Waals surface area contributed by atoms with Crippen molar-refractivity contribution in [2.75, 3.05) is 11.9 Å². The molecule has 8 heteroatoms. The lowest BCUT2D eigenvalue weighted by molar-refractivity contribution is 0.251. The van der Waals surface area contributed by atoms with Crippen molar-refractivity contribution < 1.29 is 9.32 Å². The molecule has 3 aromatic rings. The van der Waals surface area contributed by atoms with Crippen molar-refractivity contribution in [1.82, 2.24) is 20.4 Å². The molecule has 0 aliphatic heterocycles. The fourth-order valence-corrected chi connectivity index (χ4v) is 2.84. The van der Waals surface area contributed by atoms with E-state index >= 15 is 0 Å². The lowest BCUT2D eigenvalue weighted by atomic mass is 10.2. The molecule has 1 atom stereocenters. The Kier molecular flexibility index (Phi) is 4.85. The monoisotopic (exact) mass is 343 g/mol. The molecule has 1 aromatic carbocycles. The van der Waals surface area contributed by atoms with Crippen LogP contribution in [0.1, 0.15) is 23.7 Å². The van der Waals surface area contributed by atoms with Crippen molar-refractivity contribution >= 4 is 23.1 Å². The fraction of sp³-hybridized carbons (Fsp3) is 0.250. The van der Waals surface area contributed by atoms with Gasteiger partial charge in [0, 0.05) is 42.2 Å². The summed E-state index contributed by atoms with van der Waals surface area (Å²) in [6, 6.07) is 7.03. The number of urea groups is 1. The number of carbonyl (C=O) groups excluding carboxylic acids is 1. The first kappa shape index (κ1) is 16.1. The van der Waals surface area contributed by atoms with Gasteiger partial charge in [-0.15, -0.1) is 11.3 Å². The van der Waals surface area contributed by atoms with Gasteiger partial charge in [-0.05, 0) is 12.1 Å². The third-order valence-corrected chi connectivity index (χ3v) is 4.36. The maximum absolute atomic E-state index is 12.0. The molecule has 2 amide bonds. The van der Waals surface area contributed by atoms with Gasteiger partial charge in [-0.25, -0.2) is 9.78 Å². The average Bonchev–Trinajstić information content (AvgIpc) is 3.24. The van der Waals surface area contributed by atoms with Gasteiger partial charge in [0.05, 0.1) is 5.01 Å². The number of amides is 2. The molecule has 0 fully saturated rings. The molecule has 0 aliphatic rings. The van der Waals surface area contributed by atoms with E-state index in [0.29, 0.717) is 23.9 Å². The van der Waals surface area contributed by atoms with E-state index in [1.807, 2.05) is 24.4 Å². The molecule has 3 rings (SSSR count). The summed E-state index contributed by atoms with van der Waals surface area (Å²) in [6.45, 7) is 4.27. The molecular formula is C16H17N5O2S. The average molecular weight is 343 g/mol. The molecule has 7 nitrogen and oxygen atoms in total. The van der Waals surface area contributed by atoms with Crippen LogP contribution in [0.3, 0.4) is 0 Å². The summed E-state index contributed by atoms with van der Waals surface area (Å²) in [5.74, 6) is 1.16. The molecule has 0 aliphatic carbocycles. The van der Waals surface area contributed by atoms with Crippen LogP contribution in [0.25, 0.3) is 11.4 Å². The van der Waals surface area contributed by atoms with Crippen molar-refractivity contribution in [3.8, 4) is 11.4 Å². The van der Waals surface area contributed by atoms with Gasteiger partial charge in [0.2, 0.25) is 11.7 Å². The van der Waals surface area contributed by atoms with E-state index in [1.54, 1.807) is 36.6 Å². The second-order valence-corrected chi connectivity index (χ2v) is 6.25. The summed E-state index contributed by atoms with van der Waals surface area (Å²) < 4.78 is 4.97. The summed E-state index contributed by atoms with van der Waals surface area (Å²) in [5, 5.41) is 12.5. The fourth-order valence-electron chi connectivity index (χ4n) is 2.14. The van der Waals surface area contributed by atoms with Crippen LogP contribution in [0, 0.1) is 6.92 Å². The minimum Gasteiger partial charge on any atom is -0.339 e. The normalized spacial score (nSPS) is 11.9. The van der Waals surface area contributed by atoms with E-state index in [9.17, 15) is 4.79 Å². The smallest absolute Gasteiger partial charge is 0.319 e. The molecule has 0 unspecified atom stereocenters. The van der Waals surface area contributed by atoms with Crippen molar-refractivity contribution in [1.29, 1.82) is 0 Å². The Labute approximate surface area is 143 Å². The maximum Gasteiger partial charge on any atom is 0.319 e. The number of hydrogen-bond donors (Lipinski definition) is 2. The Morgan fingerprint density at radius 1 is 1.42 bits per heavy atom. The largest absolute Gasteiger partial charge is 0.339 e. The van der Waals surface area contributed by atoms with Crippen LogP contribution in [-0.4, -0.2) is 27.7 Å². The molecule has 2 heterocycles. The quantitative estimate of drug-likeness (QED) is 0.740. The lowest BCUT2D eigenvalue weighted by Gasteiger charge is -2.11. The van der Waals surface area contributed by atoms with Crippen molar-refractivity contribution in [3.63, 3.8) is 0 Å². The molecule has 124 valence electrons. The van der Waals surface area contributed by atoms with E-state index in [1.165, 1.54) is 0 Å². The molecule has 24 heavy (non-hydrogen) atoms. The van der Waals surface area contributed by atoms with Gasteiger partial charge >= 0.3 is 6.03 Å². The minimum atomic E-state index is -0.264. The first-order valence-electron chi connectivity index (χ1n) is 7.47. The van der Waals surface area contributed by atoms with Crippen LogP contribution in [0.4, 0.5) is 10.5 Å². The van der Waals surface area contributed by atoms with E-state index in [-0.39, 0.29) is 11.9 Å². The highest BCUT2D eigenvalue weighted by molar-refractivity contribution is 7.09. The number of nitrogens with zero attached hydrogens (tertiary/aromatic N) is 3. The number of benzene rings is 1. The number of aryl methyl sites for hydroxylation is 1. The molecule has 0 bridgehead atoms. The summed E-state index contributed by atoms with van der Waals surface area (Å²) in [7, 11) is 0. The number of thiazole rings is 1. The Morgan fingerprint density at radius 3 is 3.00 bits per heavy atom. The van der Waals surface area contributed by atoms with Gasteiger partial charge in [0.25, 0.3) is 0 Å². The number of anilines is 1. The number of rotatable bonds is 5. The van der Waals surface area contributed by atoms with Gasteiger partial charge in [-0.2, -0.15) is 4.98 Å². The SMILES string of the molecule is Cc1nc(-c2cccc(NC(=O)NC[C@@H](C)c3nccs3)c2)no1. The Bertz CT molecular complexity index is 816. The van der Waals surface area contributed by atoms with Crippen LogP contribution in [0.15, 0.2) is 40.4 Å². The zero-order valence-corrected chi connectivity index (χ0v) is 14.1. The highest BCUT2D eigenvalue weighted by Crippen LogP contribution is 2.20. The molecule has 0 saturated heterocycles. The van der Waals surface area contributed by atoms with Crippen LogP contribution >= 0.6 is 11.3 Å². The van der Waals surface area contributed by atoms with E-state index in [0.717, 1.165) is 10.6 Å². The number of carbonyl (C=O) groups is 1. The standard InChI is InChI=1S/C16H17N5O2S/c1-10(15-17-6-7-24-15)9-18-16(22)20-13-5-3-4-12(8-13)14-19-11(2)23-21-14/h3-8,10H,9H2,1-2H3,(H2,18,20,22)/t10-/m1/s1. The number of hydrogen-bond acceptors (Lipinski definition) is 6. The summed E-state index contributed by atoms with van der Waals surface area (Å²) in [5.41, 5.74) is 1.44. The second-order valence-electron chi connectivity index (χ2n) is 5.32. The summed E-state index contributed by atoms with van der Waals surface area (Å²) in [6.07, 6.45) is 1.77. The third-order valence-electron chi connectivity index (χ3n) is 3.35. The maximum atomic E-state index is 12.0.